The van der Waals surface area contributed by atoms with Gasteiger partial charge in [0.25, 0.3) is 0 Å². The van der Waals surface area contributed by atoms with Gasteiger partial charge in [-0.2, -0.15) is 5.10 Å². The average molecular weight is 328 g/mol. The molecule has 0 fully saturated rings. The van der Waals surface area contributed by atoms with Crippen molar-refractivity contribution < 1.29 is 8.42 Å². The van der Waals surface area contributed by atoms with Crippen LogP contribution >= 0.6 is 11.6 Å². The van der Waals surface area contributed by atoms with Crippen LogP contribution in [-0.4, -0.2) is 36.5 Å². The van der Waals surface area contributed by atoms with Crippen molar-refractivity contribution in [3.8, 4) is 0 Å². The molecule has 0 saturated heterocycles. The Balaban J connectivity index is 2.17. The van der Waals surface area contributed by atoms with Crippen molar-refractivity contribution >= 4 is 21.6 Å². The van der Waals surface area contributed by atoms with E-state index < -0.39 is 10.0 Å². The summed E-state index contributed by atoms with van der Waals surface area (Å²) in [5.74, 6) is 0.0609. The normalized spacial score (nSPS) is 12.0. The summed E-state index contributed by atoms with van der Waals surface area (Å²) in [6.07, 6.45) is 0.656. The molecule has 0 aliphatic carbocycles. The van der Waals surface area contributed by atoms with Crippen molar-refractivity contribution in [2.24, 2.45) is 0 Å². The molecule has 21 heavy (non-hydrogen) atoms. The fourth-order valence-corrected chi connectivity index (χ4v) is 3.87. The summed E-state index contributed by atoms with van der Waals surface area (Å²) in [6, 6.07) is 9.78. The first-order chi connectivity index (χ1) is 9.96. The molecule has 2 aromatic rings. The van der Waals surface area contributed by atoms with Crippen LogP contribution in [0.4, 0.5) is 0 Å². The maximum atomic E-state index is 12.6. The maximum absolute atomic E-state index is 12.6. The number of alkyl halides is 1. The molecule has 1 aromatic carbocycles. The van der Waals surface area contributed by atoms with Crippen LogP contribution in [-0.2, 0) is 22.3 Å². The van der Waals surface area contributed by atoms with Gasteiger partial charge in [0.2, 0.25) is 10.0 Å². The van der Waals surface area contributed by atoms with Crippen LogP contribution in [0.15, 0.2) is 35.2 Å². The van der Waals surface area contributed by atoms with Gasteiger partial charge in [-0.05, 0) is 18.9 Å². The van der Waals surface area contributed by atoms with Gasteiger partial charge in [0.05, 0.1) is 17.3 Å². The summed E-state index contributed by atoms with van der Waals surface area (Å²) in [5, 5.41) is 6.62. The van der Waals surface area contributed by atoms with Crippen LogP contribution in [0, 0.1) is 6.92 Å². The Kier molecular flexibility index (Phi) is 5.03. The predicted octanol–water partition coefficient (Wildman–Crippen LogP) is 2.32. The number of aromatic amines is 1. The number of halogens is 1. The van der Waals surface area contributed by atoms with Crippen LogP contribution in [0.1, 0.15) is 17.0 Å². The SMILES string of the molecule is Cc1[nH]nc(CCl)c1S(=O)(=O)N(C)CCc1ccccc1. The molecule has 0 radical (unpaired) electrons. The van der Waals surface area contributed by atoms with Gasteiger partial charge in [-0.1, -0.05) is 30.3 Å². The van der Waals surface area contributed by atoms with Gasteiger partial charge in [0.1, 0.15) is 4.90 Å². The zero-order valence-electron chi connectivity index (χ0n) is 12.0. The summed E-state index contributed by atoms with van der Waals surface area (Å²) in [5.41, 5.74) is 1.97. The quantitative estimate of drug-likeness (QED) is 0.828. The molecule has 1 aromatic heterocycles. The van der Waals surface area contributed by atoms with Crippen LogP contribution in [0.25, 0.3) is 0 Å². The van der Waals surface area contributed by atoms with Crippen molar-refractivity contribution in [2.45, 2.75) is 24.1 Å². The van der Waals surface area contributed by atoms with E-state index in [1.807, 2.05) is 30.3 Å². The lowest BCUT2D eigenvalue weighted by Crippen LogP contribution is -2.30. The summed E-state index contributed by atoms with van der Waals surface area (Å²) < 4.78 is 26.6. The zero-order chi connectivity index (χ0) is 15.5. The lowest BCUT2D eigenvalue weighted by Gasteiger charge is -2.17. The first-order valence-electron chi connectivity index (χ1n) is 6.57. The van der Waals surface area contributed by atoms with Crippen molar-refractivity contribution in [2.75, 3.05) is 13.6 Å². The monoisotopic (exact) mass is 327 g/mol. The van der Waals surface area contributed by atoms with Gasteiger partial charge in [0, 0.05) is 13.6 Å². The van der Waals surface area contributed by atoms with Crippen LogP contribution < -0.4 is 0 Å². The Labute approximate surface area is 130 Å². The fourth-order valence-electron chi connectivity index (χ4n) is 2.11. The second kappa shape index (κ2) is 6.60. The van der Waals surface area contributed by atoms with Crippen LogP contribution in [0.2, 0.25) is 0 Å². The summed E-state index contributed by atoms with van der Waals surface area (Å²) in [4.78, 5) is 0.188. The molecular formula is C14H18ClN3O2S. The highest BCUT2D eigenvalue weighted by Crippen LogP contribution is 2.22. The Morgan fingerprint density at radius 3 is 2.57 bits per heavy atom. The highest BCUT2D eigenvalue weighted by Gasteiger charge is 2.27. The molecule has 0 aliphatic heterocycles. The standard InChI is InChI=1S/C14H18ClN3O2S/c1-11-14(13(10-15)17-16-11)21(19,20)18(2)9-8-12-6-4-3-5-7-12/h3-7H,8-10H2,1-2H3,(H,16,17). The number of rotatable bonds is 6. The summed E-state index contributed by atoms with van der Waals surface area (Å²) in [7, 11) is -2.01. The lowest BCUT2D eigenvalue weighted by atomic mass is 10.2. The Morgan fingerprint density at radius 1 is 1.29 bits per heavy atom. The van der Waals surface area contributed by atoms with Crippen LogP contribution in [0.3, 0.4) is 0 Å². The number of H-pyrrole nitrogens is 1. The highest BCUT2D eigenvalue weighted by molar-refractivity contribution is 7.89. The lowest BCUT2D eigenvalue weighted by molar-refractivity contribution is 0.471. The molecule has 0 spiro atoms. The molecule has 2 rings (SSSR count). The van der Waals surface area contributed by atoms with Gasteiger partial charge >= 0.3 is 0 Å². The molecular weight excluding hydrogens is 310 g/mol. The van der Waals surface area contributed by atoms with Crippen molar-refractivity contribution in [3.05, 3.63) is 47.3 Å². The van der Waals surface area contributed by atoms with E-state index in [1.54, 1.807) is 14.0 Å². The summed E-state index contributed by atoms with van der Waals surface area (Å²) >= 11 is 5.76. The van der Waals surface area contributed by atoms with E-state index in [1.165, 1.54) is 4.31 Å². The van der Waals surface area contributed by atoms with E-state index in [0.717, 1.165) is 5.56 Å². The highest BCUT2D eigenvalue weighted by atomic mass is 35.5. The number of benzene rings is 1. The molecule has 0 saturated carbocycles. The molecule has 114 valence electrons. The third-order valence-electron chi connectivity index (χ3n) is 3.31. The minimum atomic E-state index is -3.58. The van der Waals surface area contributed by atoms with Gasteiger partial charge < -0.3 is 0 Å². The van der Waals surface area contributed by atoms with E-state index in [9.17, 15) is 8.42 Å². The van der Waals surface area contributed by atoms with Gasteiger partial charge in [-0.15, -0.1) is 11.6 Å². The van der Waals surface area contributed by atoms with Gasteiger partial charge in [-0.3, -0.25) is 5.10 Å². The number of hydrogen-bond donors (Lipinski definition) is 1. The maximum Gasteiger partial charge on any atom is 0.246 e. The first-order valence-corrected chi connectivity index (χ1v) is 8.54. The Hall–Kier alpha value is -1.37. The largest absolute Gasteiger partial charge is 0.281 e. The molecule has 0 atom stereocenters. The second-order valence-corrected chi connectivity index (χ2v) is 7.07. The number of sulfonamides is 1. The van der Waals surface area contributed by atoms with E-state index in [0.29, 0.717) is 24.4 Å². The number of nitrogens with one attached hydrogen (secondary N) is 1. The number of aryl methyl sites for hydroxylation is 1. The zero-order valence-corrected chi connectivity index (χ0v) is 13.6. The van der Waals surface area contributed by atoms with E-state index in [2.05, 4.69) is 10.2 Å². The van der Waals surface area contributed by atoms with Crippen molar-refractivity contribution in [1.82, 2.24) is 14.5 Å². The number of nitrogens with zero attached hydrogens (tertiary/aromatic N) is 2. The average Bonchev–Trinajstić information content (AvgIpc) is 2.87. The van der Waals surface area contributed by atoms with E-state index >= 15 is 0 Å². The molecule has 0 bridgehead atoms. The third kappa shape index (κ3) is 3.45. The topological polar surface area (TPSA) is 66.1 Å². The number of hydrogen-bond acceptors (Lipinski definition) is 3. The molecule has 7 heteroatoms. The van der Waals surface area contributed by atoms with Gasteiger partial charge in [-0.25, -0.2) is 12.7 Å². The fraction of sp³-hybridized carbons (Fsp3) is 0.357. The smallest absolute Gasteiger partial charge is 0.246 e. The van der Waals surface area contributed by atoms with Crippen molar-refractivity contribution in [1.29, 1.82) is 0 Å². The molecule has 1 N–H and O–H groups in total. The van der Waals surface area contributed by atoms with E-state index in [-0.39, 0.29) is 10.8 Å². The number of aromatic nitrogens is 2. The van der Waals surface area contributed by atoms with Gasteiger partial charge in [0.15, 0.2) is 0 Å². The molecule has 0 unspecified atom stereocenters. The minimum absolute atomic E-state index is 0.0609. The minimum Gasteiger partial charge on any atom is -0.281 e. The predicted molar refractivity (Wildman–Crippen MR) is 82.8 cm³/mol. The Morgan fingerprint density at radius 2 is 1.95 bits per heavy atom. The summed E-state index contributed by atoms with van der Waals surface area (Å²) in [6.45, 7) is 2.08. The molecule has 0 amide bonds. The van der Waals surface area contributed by atoms with Crippen molar-refractivity contribution in [3.63, 3.8) is 0 Å². The molecule has 1 heterocycles. The second-order valence-electron chi connectivity index (χ2n) is 4.82. The van der Waals surface area contributed by atoms with Crippen LogP contribution in [0.5, 0.6) is 0 Å². The third-order valence-corrected chi connectivity index (χ3v) is 5.63. The molecule has 5 nitrogen and oxygen atoms in total. The van der Waals surface area contributed by atoms with E-state index in [4.69, 9.17) is 11.6 Å². The Bertz CT molecular complexity index is 698. The number of likely N-dealkylation sites (N-methyl/N-ethyl adjacent to an activating group) is 1. The molecule has 0 aliphatic rings. The first kappa shape index (κ1) is 16.0.